The van der Waals surface area contributed by atoms with E-state index in [9.17, 15) is 0 Å². The normalized spacial score (nSPS) is 20.8. The summed E-state index contributed by atoms with van der Waals surface area (Å²) in [6.07, 6.45) is 4.17. The molecule has 2 heterocycles. The molecule has 1 aliphatic heterocycles. The smallest absolute Gasteiger partial charge is 0.145 e. The SMILES string of the molecule is CN(CCCn1ccc(N)n1)C1CCOC1. The summed E-state index contributed by atoms with van der Waals surface area (Å²) in [7, 11) is 2.16. The molecule has 2 rings (SSSR count). The Morgan fingerprint density at radius 2 is 2.56 bits per heavy atom. The molecule has 0 amide bonds. The molecular formula is C11H20N4O. The van der Waals surface area contributed by atoms with Crippen LogP contribution in [0.3, 0.4) is 0 Å². The molecule has 90 valence electrons. The van der Waals surface area contributed by atoms with Crippen LogP contribution in [0.1, 0.15) is 12.8 Å². The van der Waals surface area contributed by atoms with Crippen molar-refractivity contribution in [1.29, 1.82) is 0 Å². The van der Waals surface area contributed by atoms with Crippen molar-refractivity contribution in [3.63, 3.8) is 0 Å². The minimum Gasteiger partial charge on any atom is -0.382 e. The van der Waals surface area contributed by atoms with E-state index in [4.69, 9.17) is 10.5 Å². The number of nitrogen functional groups attached to an aromatic ring is 1. The van der Waals surface area contributed by atoms with Crippen molar-refractivity contribution in [1.82, 2.24) is 14.7 Å². The van der Waals surface area contributed by atoms with Crippen molar-refractivity contribution in [2.24, 2.45) is 0 Å². The van der Waals surface area contributed by atoms with Gasteiger partial charge in [0.05, 0.1) is 6.61 Å². The molecule has 1 aliphatic rings. The molecule has 5 heteroatoms. The predicted octanol–water partition coefficient (Wildman–Crippen LogP) is 0.576. The molecule has 1 aromatic rings. The van der Waals surface area contributed by atoms with E-state index in [1.165, 1.54) is 0 Å². The lowest BCUT2D eigenvalue weighted by Crippen LogP contribution is -2.33. The Balaban J connectivity index is 1.67. The van der Waals surface area contributed by atoms with Crippen LogP contribution < -0.4 is 5.73 Å². The summed E-state index contributed by atoms with van der Waals surface area (Å²) >= 11 is 0. The molecule has 16 heavy (non-hydrogen) atoms. The van der Waals surface area contributed by atoms with Crippen LogP contribution in [0.4, 0.5) is 5.82 Å². The standard InChI is InChI=1S/C11H20N4O/c1-14(10-4-8-16-9-10)5-2-6-15-7-3-11(12)13-15/h3,7,10H,2,4-6,8-9H2,1H3,(H2,12,13). The first-order valence-electron chi connectivity index (χ1n) is 5.82. The number of ether oxygens (including phenoxy) is 1. The zero-order chi connectivity index (χ0) is 11.4. The van der Waals surface area contributed by atoms with Crippen molar-refractivity contribution in [2.45, 2.75) is 25.4 Å². The Morgan fingerprint density at radius 3 is 3.19 bits per heavy atom. The maximum atomic E-state index is 5.55. The number of rotatable bonds is 5. The molecule has 1 saturated heterocycles. The van der Waals surface area contributed by atoms with Crippen LogP contribution in [0.5, 0.6) is 0 Å². The lowest BCUT2D eigenvalue weighted by molar-refractivity contribution is 0.157. The highest BCUT2D eigenvalue weighted by molar-refractivity contribution is 5.23. The van der Waals surface area contributed by atoms with E-state index >= 15 is 0 Å². The lowest BCUT2D eigenvalue weighted by atomic mass is 10.2. The number of likely N-dealkylation sites (N-methyl/N-ethyl adjacent to an activating group) is 1. The zero-order valence-corrected chi connectivity index (χ0v) is 9.80. The minimum absolute atomic E-state index is 0.595. The van der Waals surface area contributed by atoms with E-state index in [-0.39, 0.29) is 0 Å². The maximum absolute atomic E-state index is 5.55. The highest BCUT2D eigenvalue weighted by Gasteiger charge is 2.19. The maximum Gasteiger partial charge on any atom is 0.145 e. The van der Waals surface area contributed by atoms with Crippen LogP contribution in [-0.2, 0) is 11.3 Å². The van der Waals surface area contributed by atoms with E-state index in [0.717, 1.165) is 39.1 Å². The van der Waals surface area contributed by atoms with Gasteiger partial charge < -0.3 is 15.4 Å². The topological polar surface area (TPSA) is 56.3 Å². The van der Waals surface area contributed by atoms with Gasteiger partial charge in [0.2, 0.25) is 0 Å². The fourth-order valence-electron chi connectivity index (χ4n) is 2.04. The molecule has 0 bridgehead atoms. The first kappa shape index (κ1) is 11.4. The molecule has 0 spiro atoms. The average molecular weight is 224 g/mol. The highest BCUT2D eigenvalue weighted by atomic mass is 16.5. The van der Waals surface area contributed by atoms with Gasteiger partial charge in [-0.15, -0.1) is 0 Å². The second-order valence-electron chi connectivity index (χ2n) is 4.36. The van der Waals surface area contributed by atoms with Crippen molar-refractivity contribution < 1.29 is 4.74 Å². The van der Waals surface area contributed by atoms with E-state index in [2.05, 4.69) is 17.0 Å². The van der Waals surface area contributed by atoms with Gasteiger partial charge in [0.1, 0.15) is 5.82 Å². The van der Waals surface area contributed by atoms with Crippen LogP contribution >= 0.6 is 0 Å². The average Bonchev–Trinajstić information content (AvgIpc) is 2.89. The Labute approximate surface area is 96.2 Å². The van der Waals surface area contributed by atoms with E-state index in [1.807, 2.05) is 16.9 Å². The Hall–Kier alpha value is -1.07. The Morgan fingerprint density at radius 1 is 1.69 bits per heavy atom. The number of hydrogen-bond donors (Lipinski definition) is 1. The van der Waals surface area contributed by atoms with E-state index < -0.39 is 0 Å². The fraction of sp³-hybridized carbons (Fsp3) is 0.727. The van der Waals surface area contributed by atoms with Crippen LogP contribution in [0.25, 0.3) is 0 Å². The second-order valence-corrected chi connectivity index (χ2v) is 4.36. The summed E-state index contributed by atoms with van der Waals surface area (Å²) in [5.41, 5.74) is 5.55. The number of nitrogens with two attached hydrogens (primary N) is 1. The van der Waals surface area contributed by atoms with Gasteiger partial charge in [0.25, 0.3) is 0 Å². The molecule has 1 atom stereocenters. The Bertz CT molecular complexity index is 320. The summed E-state index contributed by atoms with van der Waals surface area (Å²) in [4.78, 5) is 2.37. The van der Waals surface area contributed by atoms with Gasteiger partial charge in [-0.05, 0) is 32.5 Å². The zero-order valence-electron chi connectivity index (χ0n) is 9.80. The molecule has 1 aromatic heterocycles. The first-order valence-corrected chi connectivity index (χ1v) is 5.82. The third kappa shape index (κ3) is 2.96. The van der Waals surface area contributed by atoms with Gasteiger partial charge in [-0.2, -0.15) is 5.10 Å². The molecule has 0 aromatic carbocycles. The van der Waals surface area contributed by atoms with Gasteiger partial charge in [-0.25, -0.2) is 0 Å². The third-order valence-corrected chi connectivity index (χ3v) is 3.09. The van der Waals surface area contributed by atoms with Crippen LogP contribution in [-0.4, -0.2) is 47.5 Å². The highest BCUT2D eigenvalue weighted by Crippen LogP contribution is 2.10. The van der Waals surface area contributed by atoms with Gasteiger partial charge in [0.15, 0.2) is 0 Å². The first-order chi connectivity index (χ1) is 7.75. The minimum atomic E-state index is 0.595. The predicted molar refractivity (Wildman–Crippen MR) is 63.1 cm³/mol. The largest absolute Gasteiger partial charge is 0.382 e. The summed E-state index contributed by atoms with van der Waals surface area (Å²) < 4.78 is 7.27. The molecule has 0 radical (unpaired) electrons. The summed E-state index contributed by atoms with van der Waals surface area (Å²) in [6.45, 7) is 3.79. The van der Waals surface area contributed by atoms with Gasteiger partial charge in [0, 0.05) is 25.4 Å². The molecule has 0 saturated carbocycles. The third-order valence-electron chi connectivity index (χ3n) is 3.09. The van der Waals surface area contributed by atoms with Gasteiger partial charge >= 0.3 is 0 Å². The molecule has 2 N–H and O–H groups in total. The summed E-state index contributed by atoms with van der Waals surface area (Å²) in [5.74, 6) is 0.595. The monoisotopic (exact) mass is 224 g/mol. The Kier molecular flexibility index (Phi) is 3.79. The van der Waals surface area contributed by atoms with Crippen LogP contribution in [0.15, 0.2) is 12.3 Å². The molecular weight excluding hydrogens is 204 g/mol. The number of aryl methyl sites for hydroxylation is 1. The van der Waals surface area contributed by atoms with E-state index in [1.54, 1.807) is 0 Å². The fourth-order valence-corrected chi connectivity index (χ4v) is 2.04. The number of hydrogen-bond acceptors (Lipinski definition) is 4. The van der Waals surface area contributed by atoms with Gasteiger partial charge in [-0.3, -0.25) is 4.68 Å². The van der Waals surface area contributed by atoms with Crippen molar-refractivity contribution in [2.75, 3.05) is 32.5 Å². The molecule has 0 aliphatic carbocycles. The number of nitrogens with zero attached hydrogens (tertiary/aromatic N) is 3. The van der Waals surface area contributed by atoms with Crippen molar-refractivity contribution in [3.8, 4) is 0 Å². The van der Waals surface area contributed by atoms with Crippen molar-refractivity contribution in [3.05, 3.63) is 12.3 Å². The summed E-state index contributed by atoms with van der Waals surface area (Å²) in [6, 6.07) is 2.43. The molecule has 5 nitrogen and oxygen atoms in total. The molecule has 1 fully saturated rings. The quantitative estimate of drug-likeness (QED) is 0.794. The van der Waals surface area contributed by atoms with Crippen LogP contribution in [0, 0.1) is 0 Å². The van der Waals surface area contributed by atoms with Crippen LogP contribution in [0.2, 0.25) is 0 Å². The number of anilines is 1. The number of aromatic nitrogens is 2. The summed E-state index contributed by atoms with van der Waals surface area (Å²) in [5, 5.41) is 4.16. The molecule has 1 unspecified atom stereocenters. The van der Waals surface area contributed by atoms with Gasteiger partial charge in [-0.1, -0.05) is 0 Å². The van der Waals surface area contributed by atoms with Crippen molar-refractivity contribution >= 4 is 5.82 Å². The van der Waals surface area contributed by atoms with E-state index in [0.29, 0.717) is 11.9 Å². The second kappa shape index (κ2) is 5.32. The lowest BCUT2D eigenvalue weighted by Gasteiger charge is -2.22.